The molecule has 0 saturated heterocycles. The minimum atomic E-state index is -4.16. The molecule has 48 heavy (non-hydrogen) atoms. The number of carbonyl (C=O) groups excluding carboxylic acids is 2. The van der Waals surface area contributed by atoms with E-state index >= 15 is 0 Å². The van der Waals surface area contributed by atoms with E-state index in [4.69, 9.17) is 10.5 Å². The van der Waals surface area contributed by atoms with Gasteiger partial charge in [-0.2, -0.15) is 4.31 Å². The first kappa shape index (κ1) is 34.3. The molecular formula is C33H34N6O7S2. The number of nitrogens with two attached hydrogens (primary N) is 1. The summed E-state index contributed by atoms with van der Waals surface area (Å²) in [7, 11) is -2.94. The molecule has 2 unspecified atom stereocenters. The second-order valence-electron chi connectivity index (χ2n) is 10.7. The highest BCUT2D eigenvalue weighted by Crippen LogP contribution is 2.34. The normalized spacial score (nSPS) is 12.8. The number of rotatable bonds is 14. The highest BCUT2D eigenvalue weighted by atomic mass is 32.2. The van der Waals surface area contributed by atoms with Crippen molar-refractivity contribution in [3.05, 3.63) is 130 Å². The summed E-state index contributed by atoms with van der Waals surface area (Å²) in [6.45, 7) is -0.714. The van der Waals surface area contributed by atoms with Crippen LogP contribution in [0.4, 0.5) is 10.5 Å². The standard InChI is InChI=1S/C33H34N6O7S2/c1-45-33(42)37-31(30(22-8-4-2-5-9-22)23-10-6-3-7-11-23)32(41)35-19-26-14-17-29(47-26)28(21-40)39(20-25-18-36-46-38-25)48(43,44)27-15-12-24(34)13-16-27/h2-18,28,30-31,40H,19-21,34H2,1H3,(H,35,41)(H,37,42). The lowest BCUT2D eigenvalue weighted by molar-refractivity contribution is -0.123. The Morgan fingerprint density at radius 2 is 1.62 bits per heavy atom. The third-order valence-corrected chi connectivity index (χ3v) is 10.6. The van der Waals surface area contributed by atoms with Crippen LogP contribution in [-0.2, 0) is 32.6 Å². The van der Waals surface area contributed by atoms with Gasteiger partial charge in [-0.05, 0) is 47.5 Å². The zero-order chi connectivity index (χ0) is 34.1. The summed E-state index contributed by atoms with van der Waals surface area (Å²) in [6.07, 6.45) is 0.535. The summed E-state index contributed by atoms with van der Waals surface area (Å²) < 4.78 is 38.4. The summed E-state index contributed by atoms with van der Waals surface area (Å²) in [6, 6.07) is 25.8. The number of amides is 2. The lowest BCUT2D eigenvalue weighted by atomic mass is 9.84. The average Bonchev–Trinajstić information content (AvgIpc) is 3.81. The highest BCUT2D eigenvalue weighted by molar-refractivity contribution is 7.89. The van der Waals surface area contributed by atoms with Gasteiger partial charge in [0.15, 0.2) is 0 Å². The molecule has 13 nitrogen and oxygen atoms in total. The highest BCUT2D eigenvalue weighted by Gasteiger charge is 2.35. The van der Waals surface area contributed by atoms with E-state index in [2.05, 4.69) is 25.6 Å². The molecule has 0 radical (unpaired) electrons. The van der Waals surface area contributed by atoms with Crippen molar-refractivity contribution < 1.29 is 32.5 Å². The fraction of sp³-hybridized carbons (Fsp3) is 0.212. The predicted molar refractivity (Wildman–Crippen MR) is 178 cm³/mol. The Bertz CT molecular complexity index is 1850. The number of hydrogen-bond acceptors (Lipinski definition) is 11. The van der Waals surface area contributed by atoms with Crippen LogP contribution in [-0.4, -0.2) is 59.9 Å². The van der Waals surface area contributed by atoms with Crippen LogP contribution in [0.1, 0.15) is 38.5 Å². The number of nitrogens with one attached hydrogen (secondary N) is 2. The summed E-state index contributed by atoms with van der Waals surface area (Å²) in [5, 5.41) is 23.5. The van der Waals surface area contributed by atoms with Crippen molar-refractivity contribution in [2.24, 2.45) is 0 Å². The quantitative estimate of drug-likeness (QED) is 0.125. The smallest absolute Gasteiger partial charge is 0.407 e. The Labute approximate surface area is 281 Å². The maximum atomic E-state index is 13.8. The van der Waals surface area contributed by atoms with Gasteiger partial charge in [0, 0.05) is 21.4 Å². The molecule has 0 aliphatic carbocycles. The van der Waals surface area contributed by atoms with E-state index in [9.17, 15) is 23.1 Å². The molecule has 0 aliphatic rings. The molecule has 15 heteroatoms. The van der Waals surface area contributed by atoms with Crippen molar-refractivity contribution in [2.75, 3.05) is 19.5 Å². The number of nitrogen functional groups attached to an aromatic ring is 1. The van der Waals surface area contributed by atoms with Crippen molar-refractivity contribution in [3.8, 4) is 0 Å². The number of anilines is 1. The van der Waals surface area contributed by atoms with Crippen molar-refractivity contribution in [1.29, 1.82) is 0 Å². The Balaban J connectivity index is 1.40. The van der Waals surface area contributed by atoms with Crippen LogP contribution >= 0.6 is 11.3 Å². The number of methoxy groups -OCH3 is 1. The largest absolute Gasteiger partial charge is 0.453 e. The maximum Gasteiger partial charge on any atom is 0.407 e. The van der Waals surface area contributed by atoms with Crippen LogP contribution in [0.15, 0.2) is 113 Å². The molecule has 0 bridgehead atoms. The number of benzene rings is 3. The zero-order valence-corrected chi connectivity index (χ0v) is 27.4. The van der Waals surface area contributed by atoms with E-state index in [0.29, 0.717) is 15.4 Å². The van der Waals surface area contributed by atoms with E-state index in [1.165, 1.54) is 48.9 Å². The third kappa shape index (κ3) is 8.06. The number of aliphatic hydroxyl groups excluding tert-OH is 1. The molecule has 5 aromatic rings. The fourth-order valence-electron chi connectivity index (χ4n) is 5.21. The summed E-state index contributed by atoms with van der Waals surface area (Å²) in [5.74, 6) is -1.000. The SMILES string of the molecule is COC(=O)NC(C(=O)NCc1ccc(C(CO)N(Cc2cnon2)S(=O)(=O)c2ccc(N)cc2)s1)C(c1ccccc1)c1ccccc1. The lowest BCUT2D eigenvalue weighted by Gasteiger charge is -2.28. The molecular weight excluding hydrogens is 657 g/mol. The van der Waals surface area contributed by atoms with E-state index in [1.807, 2.05) is 60.7 Å². The number of alkyl carbamates (subject to hydrolysis) is 1. The molecule has 0 saturated carbocycles. The molecule has 2 amide bonds. The maximum absolute atomic E-state index is 13.8. The first-order valence-corrected chi connectivity index (χ1v) is 17.0. The Morgan fingerprint density at radius 1 is 0.979 bits per heavy atom. The monoisotopic (exact) mass is 690 g/mol. The number of sulfonamides is 1. The second-order valence-corrected chi connectivity index (χ2v) is 13.7. The predicted octanol–water partition coefficient (Wildman–Crippen LogP) is 3.81. The van der Waals surface area contributed by atoms with E-state index in [0.717, 1.165) is 15.4 Å². The number of thiophene rings is 1. The molecule has 5 rings (SSSR count). The van der Waals surface area contributed by atoms with Gasteiger partial charge in [0.05, 0.1) is 43.9 Å². The van der Waals surface area contributed by atoms with Crippen LogP contribution in [0, 0.1) is 0 Å². The molecule has 0 spiro atoms. The molecule has 0 fully saturated rings. The number of ether oxygens (including phenoxy) is 1. The number of hydrogen-bond donors (Lipinski definition) is 4. The van der Waals surface area contributed by atoms with E-state index in [1.54, 1.807) is 12.1 Å². The third-order valence-electron chi connectivity index (χ3n) is 7.57. The van der Waals surface area contributed by atoms with Crippen LogP contribution in [0.5, 0.6) is 0 Å². The molecule has 0 aliphatic heterocycles. The van der Waals surface area contributed by atoms with Crippen molar-refractivity contribution in [2.45, 2.75) is 36.0 Å². The fourth-order valence-corrected chi connectivity index (χ4v) is 7.90. The molecule has 5 N–H and O–H groups in total. The first-order valence-electron chi connectivity index (χ1n) is 14.8. The van der Waals surface area contributed by atoms with Gasteiger partial charge >= 0.3 is 6.09 Å². The summed E-state index contributed by atoms with van der Waals surface area (Å²) >= 11 is 1.22. The van der Waals surface area contributed by atoms with Crippen LogP contribution < -0.4 is 16.4 Å². The van der Waals surface area contributed by atoms with Gasteiger partial charge < -0.3 is 26.2 Å². The van der Waals surface area contributed by atoms with Crippen molar-refractivity contribution in [1.82, 2.24) is 25.3 Å². The number of nitrogens with zero attached hydrogens (tertiary/aromatic N) is 3. The topological polar surface area (TPSA) is 190 Å². The van der Waals surface area contributed by atoms with Crippen LogP contribution in [0.3, 0.4) is 0 Å². The molecule has 2 atom stereocenters. The Morgan fingerprint density at radius 3 is 2.19 bits per heavy atom. The number of aromatic nitrogens is 2. The van der Waals surface area contributed by atoms with Crippen molar-refractivity contribution in [3.63, 3.8) is 0 Å². The average molecular weight is 691 g/mol. The van der Waals surface area contributed by atoms with E-state index in [-0.39, 0.29) is 23.7 Å². The minimum absolute atomic E-state index is 0.0221. The van der Waals surface area contributed by atoms with Gasteiger partial charge in [-0.3, -0.25) is 4.79 Å². The Kier molecular flexibility index (Phi) is 11.2. The van der Waals surface area contributed by atoms with Gasteiger partial charge in [0.2, 0.25) is 15.9 Å². The molecule has 250 valence electrons. The van der Waals surface area contributed by atoms with Gasteiger partial charge in [-0.25, -0.2) is 17.8 Å². The minimum Gasteiger partial charge on any atom is -0.453 e. The molecule has 2 heterocycles. The van der Waals surface area contributed by atoms with Gasteiger partial charge in [0.25, 0.3) is 0 Å². The van der Waals surface area contributed by atoms with Crippen LogP contribution in [0.25, 0.3) is 0 Å². The van der Waals surface area contributed by atoms with Crippen LogP contribution in [0.2, 0.25) is 0 Å². The van der Waals surface area contributed by atoms with Crippen molar-refractivity contribution >= 4 is 39.0 Å². The van der Waals surface area contributed by atoms with Gasteiger partial charge in [0.1, 0.15) is 11.7 Å². The Hall–Kier alpha value is -5.09. The number of aliphatic hydroxyl groups is 1. The van der Waals surface area contributed by atoms with E-state index < -0.39 is 46.6 Å². The number of carbonyl (C=O) groups is 2. The zero-order valence-electron chi connectivity index (χ0n) is 25.8. The first-order chi connectivity index (χ1) is 23.2. The summed E-state index contributed by atoms with van der Waals surface area (Å²) in [4.78, 5) is 27.4. The second kappa shape index (κ2) is 15.7. The van der Waals surface area contributed by atoms with Gasteiger partial charge in [-0.1, -0.05) is 71.0 Å². The summed E-state index contributed by atoms with van der Waals surface area (Å²) in [5.41, 5.74) is 8.04. The molecule has 3 aromatic carbocycles. The lowest BCUT2D eigenvalue weighted by Crippen LogP contribution is -2.50. The molecule has 2 aromatic heterocycles. The van der Waals surface area contributed by atoms with Gasteiger partial charge in [-0.15, -0.1) is 11.3 Å².